The van der Waals surface area contributed by atoms with Crippen molar-refractivity contribution in [2.75, 3.05) is 5.32 Å². The molecule has 0 radical (unpaired) electrons. The molecule has 3 heteroatoms. The highest BCUT2D eigenvalue weighted by molar-refractivity contribution is 6.36. The van der Waals surface area contributed by atoms with Crippen LogP contribution in [0.4, 0.5) is 5.69 Å². The molecule has 1 N–H and O–H groups in total. The SMILES string of the molecule is CC(C)Cc1ccc(CNc2ccc(Cl)cc2Cl)cc1. The summed E-state index contributed by atoms with van der Waals surface area (Å²) in [5.41, 5.74) is 3.53. The van der Waals surface area contributed by atoms with E-state index in [0.29, 0.717) is 16.0 Å². The van der Waals surface area contributed by atoms with Crippen molar-refractivity contribution in [1.29, 1.82) is 0 Å². The van der Waals surface area contributed by atoms with Crippen LogP contribution in [0.2, 0.25) is 10.0 Å². The Morgan fingerprint density at radius 3 is 2.20 bits per heavy atom. The fourth-order valence-electron chi connectivity index (χ4n) is 2.09. The lowest BCUT2D eigenvalue weighted by Crippen LogP contribution is -2.00. The summed E-state index contributed by atoms with van der Waals surface area (Å²) in [6.45, 7) is 5.22. The van der Waals surface area contributed by atoms with Crippen molar-refractivity contribution >= 4 is 28.9 Å². The number of hydrogen-bond acceptors (Lipinski definition) is 1. The van der Waals surface area contributed by atoms with Crippen LogP contribution in [0.25, 0.3) is 0 Å². The van der Waals surface area contributed by atoms with Crippen LogP contribution in [0, 0.1) is 5.92 Å². The van der Waals surface area contributed by atoms with Crippen LogP contribution in [0.3, 0.4) is 0 Å². The maximum Gasteiger partial charge on any atom is 0.0652 e. The van der Waals surface area contributed by atoms with Crippen LogP contribution in [0.1, 0.15) is 25.0 Å². The number of rotatable bonds is 5. The zero-order valence-electron chi connectivity index (χ0n) is 11.8. The number of anilines is 1. The van der Waals surface area contributed by atoms with Crippen molar-refractivity contribution in [3.05, 3.63) is 63.6 Å². The Morgan fingerprint density at radius 1 is 0.950 bits per heavy atom. The van der Waals surface area contributed by atoms with E-state index >= 15 is 0 Å². The van der Waals surface area contributed by atoms with Crippen molar-refractivity contribution < 1.29 is 0 Å². The molecule has 0 saturated heterocycles. The smallest absolute Gasteiger partial charge is 0.0652 e. The molecular weight excluding hydrogens is 289 g/mol. The van der Waals surface area contributed by atoms with Gasteiger partial charge in [-0.2, -0.15) is 0 Å². The van der Waals surface area contributed by atoms with E-state index in [9.17, 15) is 0 Å². The topological polar surface area (TPSA) is 12.0 Å². The number of nitrogens with one attached hydrogen (secondary N) is 1. The number of benzene rings is 2. The van der Waals surface area contributed by atoms with E-state index in [1.807, 2.05) is 12.1 Å². The third kappa shape index (κ3) is 4.43. The average Bonchev–Trinajstić information content (AvgIpc) is 2.39. The van der Waals surface area contributed by atoms with Gasteiger partial charge in [0.2, 0.25) is 0 Å². The molecule has 2 aromatic rings. The fraction of sp³-hybridized carbons (Fsp3) is 0.294. The van der Waals surface area contributed by atoms with Gasteiger partial charge < -0.3 is 5.32 Å². The largest absolute Gasteiger partial charge is 0.380 e. The molecule has 2 aromatic carbocycles. The van der Waals surface area contributed by atoms with E-state index in [0.717, 1.165) is 18.7 Å². The molecule has 1 nitrogen and oxygen atoms in total. The third-order valence-corrected chi connectivity index (χ3v) is 3.63. The van der Waals surface area contributed by atoms with Gasteiger partial charge >= 0.3 is 0 Å². The van der Waals surface area contributed by atoms with Crippen LogP contribution >= 0.6 is 23.2 Å². The first-order valence-corrected chi connectivity index (χ1v) is 7.57. The molecular formula is C17H19Cl2N. The van der Waals surface area contributed by atoms with Crippen LogP contribution in [-0.2, 0) is 13.0 Å². The van der Waals surface area contributed by atoms with Crippen molar-refractivity contribution in [3.63, 3.8) is 0 Å². The van der Waals surface area contributed by atoms with E-state index in [1.54, 1.807) is 6.07 Å². The minimum atomic E-state index is 0.647. The van der Waals surface area contributed by atoms with Gasteiger partial charge in [0.25, 0.3) is 0 Å². The van der Waals surface area contributed by atoms with Gasteiger partial charge in [-0.3, -0.25) is 0 Å². The Bertz CT molecular complexity index is 562. The van der Waals surface area contributed by atoms with Crippen molar-refractivity contribution in [1.82, 2.24) is 0 Å². The maximum absolute atomic E-state index is 6.13. The lowest BCUT2D eigenvalue weighted by Gasteiger charge is -2.10. The van der Waals surface area contributed by atoms with Gasteiger partial charge in [0.15, 0.2) is 0 Å². The summed E-state index contributed by atoms with van der Waals surface area (Å²) in [7, 11) is 0. The van der Waals surface area contributed by atoms with Gasteiger partial charge in [-0.1, -0.05) is 61.3 Å². The van der Waals surface area contributed by atoms with E-state index in [4.69, 9.17) is 23.2 Å². The minimum absolute atomic E-state index is 0.647. The molecule has 0 aliphatic carbocycles. The molecule has 0 atom stereocenters. The number of hydrogen-bond donors (Lipinski definition) is 1. The van der Waals surface area contributed by atoms with E-state index < -0.39 is 0 Å². The average molecular weight is 308 g/mol. The zero-order valence-corrected chi connectivity index (χ0v) is 13.3. The first kappa shape index (κ1) is 15.2. The summed E-state index contributed by atoms with van der Waals surface area (Å²) in [6, 6.07) is 14.2. The Kier molecular flexibility index (Phi) is 5.33. The summed E-state index contributed by atoms with van der Waals surface area (Å²) >= 11 is 12.0. The predicted molar refractivity (Wildman–Crippen MR) is 88.8 cm³/mol. The first-order valence-electron chi connectivity index (χ1n) is 6.81. The molecule has 0 aromatic heterocycles. The lowest BCUT2D eigenvalue weighted by atomic mass is 10.0. The van der Waals surface area contributed by atoms with Gasteiger partial charge in [-0.05, 0) is 41.7 Å². The Labute approximate surface area is 130 Å². The van der Waals surface area contributed by atoms with Gasteiger partial charge in [0.05, 0.1) is 10.7 Å². The van der Waals surface area contributed by atoms with Crippen molar-refractivity contribution in [2.45, 2.75) is 26.8 Å². The van der Waals surface area contributed by atoms with Gasteiger partial charge in [0, 0.05) is 11.6 Å². The van der Waals surface area contributed by atoms with Crippen LogP contribution < -0.4 is 5.32 Å². The van der Waals surface area contributed by atoms with Gasteiger partial charge in [-0.25, -0.2) is 0 Å². The second-order valence-corrected chi connectivity index (χ2v) is 6.24. The molecule has 2 rings (SSSR count). The summed E-state index contributed by atoms with van der Waals surface area (Å²) in [6.07, 6.45) is 1.12. The molecule has 0 fully saturated rings. The molecule has 0 unspecified atom stereocenters. The summed E-state index contributed by atoms with van der Waals surface area (Å²) < 4.78 is 0. The minimum Gasteiger partial charge on any atom is -0.380 e. The third-order valence-electron chi connectivity index (χ3n) is 3.08. The molecule has 0 bridgehead atoms. The van der Waals surface area contributed by atoms with Gasteiger partial charge in [0.1, 0.15) is 0 Å². The van der Waals surface area contributed by atoms with E-state index in [1.165, 1.54) is 11.1 Å². The fourth-order valence-corrected chi connectivity index (χ4v) is 2.57. The number of halogens is 2. The second kappa shape index (κ2) is 7.01. The summed E-state index contributed by atoms with van der Waals surface area (Å²) in [4.78, 5) is 0. The van der Waals surface area contributed by atoms with Crippen molar-refractivity contribution in [3.8, 4) is 0 Å². The molecule has 0 aliphatic heterocycles. The monoisotopic (exact) mass is 307 g/mol. The second-order valence-electron chi connectivity index (χ2n) is 5.39. The predicted octanol–water partition coefficient (Wildman–Crippen LogP) is 5.80. The van der Waals surface area contributed by atoms with E-state index in [-0.39, 0.29) is 0 Å². The quantitative estimate of drug-likeness (QED) is 0.735. The lowest BCUT2D eigenvalue weighted by molar-refractivity contribution is 0.647. The Hall–Kier alpha value is -1.18. The molecule has 20 heavy (non-hydrogen) atoms. The van der Waals surface area contributed by atoms with Gasteiger partial charge in [-0.15, -0.1) is 0 Å². The first-order chi connectivity index (χ1) is 9.54. The molecule has 0 saturated carbocycles. The highest BCUT2D eigenvalue weighted by Gasteiger charge is 2.02. The molecule has 0 aliphatic rings. The Morgan fingerprint density at radius 2 is 1.60 bits per heavy atom. The zero-order chi connectivity index (χ0) is 14.5. The highest BCUT2D eigenvalue weighted by atomic mass is 35.5. The van der Waals surface area contributed by atoms with E-state index in [2.05, 4.69) is 43.4 Å². The molecule has 106 valence electrons. The summed E-state index contributed by atoms with van der Waals surface area (Å²) in [5.74, 6) is 0.687. The van der Waals surface area contributed by atoms with Crippen molar-refractivity contribution in [2.24, 2.45) is 5.92 Å². The molecule has 0 amide bonds. The molecule has 0 spiro atoms. The van der Waals surface area contributed by atoms with Crippen LogP contribution in [0.5, 0.6) is 0 Å². The Balaban J connectivity index is 1.96. The van der Waals surface area contributed by atoms with Crippen LogP contribution in [-0.4, -0.2) is 0 Å². The normalized spacial score (nSPS) is 10.8. The maximum atomic E-state index is 6.13. The highest BCUT2D eigenvalue weighted by Crippen LogP contribution is 2.25. The van der Waals surface area contributed by atoms with Crippen LogP contribution in [0.15, 0.2) is 42.5 Å². The summed E-state index contributed by atoms with van der Waals surface area (Å²) in [5, 5.41) is 4.62. The molecule has 0 heterocycles. The standard InChI is InChI=1S/C17H19Cl2N/c1-12(2)9-13-3-5-14(6-4-13)11-20-17-8-7-15(18)10-16(17)19/h3-8,10,12,20H,9,11H2,1-2H3.